The third kappa shape index (κ3) is 4.23. The molecule has 0 radical (unpaired) electrons. The summed E-state index contributed by atoms with van der Waals surface area (Å²) in [4.78, 5) is 14.4. The molecule has 174 valence electrons. The van der Waals surface area contributed by atoms with Gasteiger partial charge in [-0.2, -0.15) is 13.2 Å². The maximum Gasteiger partial charge on any atom is 0.395 e. The quantitative estimate of drug-likeness (QED) is 0.645. The van der Waals surface area contributed by atoms with Gasteiger partial charge in [0.2, 0.25) is 0 Å². The molecule has 1 aromatic carbocycles. The van der Waals surface area contributed by atoms with Crippen LogP contribution in [0.3, 0.4) is 0 Å². The number of rotatable bonds is 7. The first-order valence-corrected chi connectivity index (χ1v) is 10.6. The maximum absolute atomic E-state index is 12.8. The van der Waals surface area contributed by atoms with Gasteiger partial charge in [-0.15, -0.1) is 0 Å². The average Bonchev–Trinajstić information content (AvgIpc) is 2.71. The van der Waals surface area contributed by atoms with Crippen molar-refractivity contribution in [3.8, 4) is 17.1 Å². The lowest BCUT2D eigenvalue weighted by molar-refractivity contribution is -0.180. The van der Waals surface area contributed by atoms with Crippen LogP contribution >= 0.6 is 0 Å². The zero-order valence-electron chi connectivity index (χ0n) is 18.4. The van der Waals surface area contributed by atoms with Crippen molar-refractivity contribution in [1.82, 2.24) is 4.57 Å². The minimum absolute atomic E-state index is 0.0164. The standard InChI is InChI=1S/C23H27F3N2O4/c1-14-20(29)9-21(32-13-18(31-3)12-30-2)28-7-6-15-8-17(4-5-19(15)22(14)28)27-10-16(11-27)23(24,25)26/h4-5,8-9,16,18H,6-7,10-13H2,1-3H3/t18-/m0/s1. The van der Waals surface area contributed by atoms with Crippen molar-refractivity contribution in [2.24, 2.45) is 5.92 Å². The Bertz CT molecular complexity index is 1040. The first kappa shape index (κ1) is 22.7. The molecule has 0 spiro atoms. The van der Waals surface area contributed by atoms with Crippen LogP contribution in [-0.4, -0.2) is 57.4 Å². The third-order valence-electron chi connectivity index (χ3n) is 6.28. The lowest BCUT2D eigenvalue weighted by Crippen LogP contribution is -2.53. The second-order valence-corrected chi connectivity index (χ2v) is 8.33. The predicted molar refractivity (Wildman–Crippen MR) is 115 cm³/mol. The summed E-state index contributed by atoms with van der Waals surface area (Å²) in [5, 5.41) is 0. The minimum atomic E-state index is -4.15. The second kappa shape index (κ2) is 8.78. The number of aromatic nitrogens is 1. The van der Waals surface area contributed by atoms with Gasteiger partial charge in [0.05, 0.1) is 18.2 Å². The molecule has 0 N–H and O–H groups in total. The third-order valence-corrected chi connectivity index (χ3v) is 6.28. The molecule has 0 unspecified atom stereocenters. The number of hydrogen-bond donors (Lipinski definition) is 0. The van der Waals surface area contributed by atoms with Crippen LogP contribution in [0.25, 0.3) is 11.3 Å². The van der Waals surface area contributed by atoms with E-state index in [1.165, 1.54) is 6.07 Å². The normalized spacial score (nSPS) is 16.9. The van der Waals surface area contributed by atoms with Gasteiger partial charge in [-0.3, -0.25) is 4.79 Å². The number of pyridine rings is 1. The topological polar surface area (TPSA) is 52.9 Å². The molecule has 0 bridgehead atoms. The molecule has 2 aliphatic heterocycles. The molecule has 9 heteroatoms. The van der Waals surface area contributed by atoms with Crippen LogP contribution in [0.1, 0.15) is 11.1 Å². The van der Waals surface area contributed by atoms with Crippen molar-refractivity contribution in [2.75, 3.05) is 45.4 Å². The fraction of sp³-hybridized carbons (Fsp3) is 0.522. The summed E-state index contributed by atoms with van der Waals surface area (Å²) in [6.07, 6.45) is -3.72. The van der Waals surface area contributed by atoms with E-state index in [9.17, 15) is 18.0 Å². The monoisotopic (exact) mass is 452 g/mol. The Morgan fingerprint density at radius 1 is 1.16 bits per heavy atom. The Morgan fingerprint density at radius 3 is 2.56 bits per heavy atom. The number of fused-ring (bicyclic) bond motifs is 3. The van der Waals surface area contributed by atoms with E-state index in [-0.39, 0.29) is 31.2 Å². The fourth-order valence-electron chi connectivity index (χ4n) is 4.31. The summed E-state index contributed by atoms with van der Waals surface area (Å²) in [7, 11) is 3.16. The van der Waals surface area contributed by atoms with Crippen molar-refractivity contribution in [2.45, 2.75) is 32.2 Å². The van der Waals surface area contributed by atoms with Gasteiger partial charge in [0, 0.05) is 56.7 Å². The second-order valence-electron chi connectivity index (χ2n) is 8.33. The summed E-state index contributed by atoms with van der Waals surface area (Å²) in [6.45, 7) is 2.97. The van der Waals surface area contributed by atoms with Crippen LogP contribution in [0.15, 0.2) is 29.1 Å². The number of nitrogens with zero attached hydrogens (tertiary/aromatic N) is 2. The van der Waals surface area contributed by atoms with Gasteiger partial charge in [0.15, 0.2) is 11.3 Å². The zero-order chi connectivity index (χ0) is 23.0. The van der Waals surface area contributed by atoms with E-state index in [1.807, 2.05) is 22.8 Å². The van der Waals surface area contributed by atoms with E-state index in [1.54, 1.807) is 26.0 Å². The molecule has 3 heterocycles. The lowest BCUT2D eigenvalue weighted by Gasteiger charge is -2.42. The van der Waals surface area contributed by atoms with Gasteiger partial charge in [0.1, 0.15) is 12.7 Å². The first-order chi connectivity index (χ1) is 15.2. The number of hydrogen-bond acceptors (Lipinski definition) is 5. The number of aryl methyl sites for hydroxylation is 1. The van der Waals surface area contributed by atoms with E-state index in [0.717, 1.165) is 22.5 Å². The molecule has 1 aromatic heterocycles. The van der Waals surface area contributed by atoms with Crippen LogP contribution in [-0.2, 0) is 22.4 Å². The number of halogens is 3. The smallest absolute Gasteiger partial charge is 0.395 e. The molecule has 0 amide bonds. The Kier molecular flexibility index (Phi) is 6.22. The van der Waals surface area contributed by atoms with Gasteiger partial charge in [0.25, 0.3) is 0 Å². The molecule has 4 rings (SSSR count). The molecule has 1 atom stereocenters. The van der Waals surface area contributed by atoms with Gasteiger partial charge in [-0.05, 0) is 31.0 Å². The van der Waals surface area contributed by atoms with Crippen molar-refractivity contribution >= 4 is 5.69 Å². The highest BCUT2D eigenvalue weighted by atomic mass is 19.4. The van der Waals surface area contributed by atoms with Crippen LogP contribution < -0.4 is 15.1 Å². The number of benzene rings is 1. The van der Waals surface area contributed by atoms with Crippen molar-refractivity contribution < 1.29 is 27.4 Å². The van der Waals surface area contributed by atoms with E-state index < -0.39 is 12.1 Å². The molecule has 2 aromatic rings. The van der Waals surface area contributed by atoms with E-state index in [0.29, 0.717) is 31.0 Å². The highest BCUT2D eigenvalue weighted by molar-refractivity contribution is 5.73. The molecule has 1 saturated heterocycles. The largest absolute Gasteiger partial charge is 0.476 e. The van der Waals surface area contributed by atoms with Gasteiger partial charge in [-0.25, -0.2) is 0 Å². The molecule has 1 fully saturated rings. The van der Waals surface area contributed by atoms with Crippen LogP contribution in [0.5, 0.6) is 5.88 Å². The molecular formula is C23H27F3N2O4. The van der Waals surface area contributed by atoms with Crippen LogP contribution in [0.2, 0.25) is 0 Å². The van der Waals surface area contributed by atoms with Gasteiger partial charge in [-0.1, -0.05) is 6.07 Å². The summed E-state index contributed by atoms with van der Waals surface area (Å²) in [6, 6.07) is 7.17. The van der Waals surface area contributed by atoms with Gasteiger partial charge >= 0.3 is 6.18 Å². The first-order valence-electron chi connectivity index (χ1n) is 10.6. The molecule has 2 aliphatic rings. The van der Waals surface area contributed by atoms with Crippen LogP contribution in [0.4, 0.5) is 18.9 Å². The maximum atomic E-state index is 12.8. The lowest BCUT2D eigenvalue weighted by atomic mass is 9.92. The number of alkyl halides is 3. The fourth-order valence-corrected chi connectivity index (χ4v) is 4.31. The summed E-state index contributed by atoms with van der Waals surface area (Å²) >= 11 is 0. The average molecular weight is 452 g/mol. The number of ether oxygens (including phenoxy) is 3. The van der Waals surface area contributed by atoms with E-state index in [4.69, 9.17) is 14.2 Å². The summed E-state index contributed by atoms with van der Waals surface area (Å²) in [5.41, 5.74) is 4.00. The summed E-state index contributed by atoms with van der Waals surface area (Å²) < 4.78 is 56.9. The van der Waals surface area contributed by atoms with Crippen molar-refractivity contribution in [3.05, 3.63) is 45.6 Å². The Balaban J connectivity index is 1.61. The van der Waals surface area contributed by atoms with E-state index in [2.05, 4.69) is 0 Å². The highest BCUT2D eigenvalue weighted by Crippen LogP contribution is 2.39. The van der Waals surface area contributed by atoms with Gasteiger partial charge < -0.3 is 23.7 Å². The number of methoxy groups -OCH3 is 2. The minimum Gasteiger partial charge on any atom is -0.476 e. The number of anilines is 1. The van der Waals surface area contributed by atoms with E-state index >= 15 is 0 Å². The van der Waals surface area contributed by atoms with Crippen molar-refractivity contribution in [3.63, 3.8) is 0 Å². The summed E-state index contributed by atoms with van der Waals surface area (Å²) in [5.74, 6) is -0.798. The molecule has 32 heavy (non-hydrogen) atoms. The zero-order valence-corrected chi connectivity index (χ0v) is 18.4. The Morgan fingerprint density at radius 2 is 1.91 bits per heavy atom. The van der Waals surface area contributed by atoms with Crippen molar-refractivity contribution in [1.29, 1.82) is 0 Å². The predicted octanol–water partition coefficient (Wildman–Crippen LogP) is 3.42. The molecule has 0 aliphatic carbocycles. The highest BCUT2D eigenvalue weighted by Gasteiger charge is 2.47. The Hall–Kier alpha value is -2.52. The molecule has 6 nitrogen and oxygen atoms in total. The SMILES string of the molecule is COC[C@@H](COc1cc(=O)c(C)c2n1CCc1cc(N3CC(C(F)(F)F)C3)ccc1-2)OC. The van der Waals surface area contributed by atoms with Crippen LogP contribution in [0, 0.1) is 12.8 Å². The Labute approximate surface area is 184 Å². The molecule has 0 saturated carbocycles. The molecular weight excluding hydrogens is 425 g/mol.